The van der Waals surface area contributed by atoms with Gasteiger partial charge in [-0.15, -0.1) is 0 Å². The Morgan fingerprint density at radius 3 is 1.94 bits per heavy atom. The van der Waals surface area contributed by atoms with Gasteiger partial charge in [-0.1, -0.05) is 27.7 Å². The highest BCUT2D eigenvalue weighted by Crippen LogP contribution is 2.66. The molecule has 98 valence electrons. The van der Waals surface area contributed by atoms with Crippen molar-refractivity contribution >= 4 is 17.8 Å². The summed E-state index contributed by atoms with van der Waals surface area (Å²) < 4.78 is 0. The molecule has 0 unspecified atom stereocenters. The molecular weight excluding hydrogens is 232 g/mol. The second-order valence-electron chi connectivity index (χ2n) is 6.86. The molecule has 0 aromatic heterocycles. The first-order valence-electron chi connectivity index (χ1n) is 6.35. The minimum absolute atomic E-state index is 0.101. The predicted octanol–water partition coefficient (Wildman–Crippen LogP) is 1.28. The zero-order valence-electron chi connectivity index (χ0n) is 11.2. The molecule has 1 saturated heterocycles. The van der Waals surface area contributed by atoms with Gasteiger partial charge in [0.25, 0.3) is 0 Å². The zero-order valence-corrected chi connectivity index (χ0v) is 11.2. The van der Waals surface area contributed by atoms with Crippen LogP contribution in [-0.2, 0) is 9.59 Å². The molecule has 4 amide bonds. The first-order chi connectivity index (χ1) is 8.16. The Bertz CT molecular complexity index is 474. The fraction of sp³-hybridized carbons (Fsp3) is 0.769. The standard InChI is InChI=1S/C13H18N2O3/c1-11(2)7(12(11,3)4)15-9(17)13(5-6-13)8(16)14-10(15)18/h7H,5-6H2,1-4H3,(H,14,16,18). The second-order valence-corrected chi connectivity index (χ2v) is 6.86. The Hall–Kier alpha value is -1.39. The van der Waals surface area contributed by atoms with E-state index in [1.54, 1.807) is 0 Å². The summed E-state index contributed by atoms with van der Waals surface area (Å²) in [6, 6.07) is -0.672. The molecule has 1 spiro atoms. The van der Waals surface area contributed by atoms with Crippen LogP contribution in [0.2, 0.25) is 0 Å². The molecular formula is C13H18N2O3. The molecule has 2 aliphatic carbocycles. The maximum atomic E-state index is 12.4. The SMILES string of the molecule is CC1(C)C(N2C(=O)NC(=O)C3(CC3)C2=O)C1(C)C. The molecule has 0 atom stereocenters. The molecule has 0 aromatic rings. The van der Waals surface area contributed by atoms with E-state index in [9.17, 15) is 14.4 Å². The Balaban J connectivity index is 1.96. The molecule has 1 N–H and O–H groups in total. The third kappa shape index (κ3) is 1.06. The van der Waals surface area contributed by atoms with Crippen LogP contribution >= 0.6 is 0 Å². The molecule has 5 heteroatoms. The fourth-order valence-corrected chi connectivity index (χ4v) is 3.30. The molecule has 1 heterocycles. The van der Waals surface area contributed by atoms with Crippen molar-refractivity contribution in [2.75, 3.05) is 0 Å². The lowest BCUT2D eigenvalue weighted by atomic mass is 10.0. The summed E-state index contributed by atoms with van der Waals surface area (Å²) in [5.41, 5.74) is -1.13. The van der Waals surface area contributed by atoms with Gasteiger partial charge < -0.3 is 0 Å². The molecule has 1 aliphatic heterocycles. The van der Waals surface area contributed by atoms with Crippen LogP contribution in [0.3, 0.4) is 0 Å². The van der Waals surface area contributed by atoms with Crippen molar-refractivity contribution < 1.29 is 14.4 Å². The van der Waals surface area contributed by atoms with Crippen molar-refractivity contribution in [3.8, 4) is 0 Å². The van der Waals surface area contributed by atoms with Crippen LogP contribution in [0.25, 0.3) is 0 Å². The second kappa shape index (κ2) is 2.78. The molecule has 3 aliphatic rings. The lowest BCUT2D eigenvalue weighted by molar-refractivity contribution is -0.145. The van der Waals surface area contributed by atoms with Crippen LogP contribution < -0.4 is 5.32 Å². The molecule has 3 rings (SSSR count). The minimum atomic E-state index is -0.928. The van der Waals surface area contributed by atoms with E-state index < -0.39 is 17.4 Å². The average molecular weight is 250 g/mol. The normalized spacial score (nSPS) is 31.6. The monoisotopic (exact) mass is 250 g/mol. The third-order valence-electron chi connectivity index (χ3n) is 5.45. The lowest BCUT2D eigenvalue weighted by Gasteiger charge is -2.31. The number of urea groups is 1. The maximum absolute atomic E-state index is 12.4. The molecule has 2 saturated carbocycles. The Labute approximate surface area is 106 Å². The van der Waals surface area contributed by atoms with E-state index >= 15 is 0 Å². The van der Waals surface area contributed by atoms with Gasteiger partial charge in [0, 0.05) is 0 Å². The van der Waals surface area contributed by atoms with Crippen LogP contribution in [0.1, 0.15) is 40.5 Å². The average Bonchev–Trinajstić information content (AvgIpc) is 3.09. The smallest absolute Gasteiger partial charge is 0.277 e. The van der Waals surface area contributed by atoms with E-state index in [1.807, 2.05) is 27.7 Å². The van der Waals surface area contributed by atoms with Crippen LogP contribution in [-0.4, -0.2) is 28.8 Å². The summed E-state index contributed by atoms with van der Waals surface area (Å²) in [6.45, 7) is 8.20. The van der Waals surface area contributed by atoms with Crippen LogP contribution in [0.4, 0.5) is 4.79 Å². The zero-order chi connectivity index (χ0) is 13.5. The van der Waals surface area contributed by atoms with Crippen molar-refractivity contribution in [1.29, 1.82) is 0 Å². The first-order valence-corrected chi connectivity index (χ1v) is 6.35. The number of barbiturate groups is 1. The van der Waals surface area contributed by atoms with Crippen molar-refractivity contribution in [1.82, 2.24) is 10.2 Å². The number of hydrogen-bond acceptors (Lipinski definition) is 3. The Morgan fingerprint density at radius 2 is 1.56 bits per heavy atom. The maximum Gasteiger partial charge on any atom is 0.331 e. The van der Waals surface area contributed by atoms with E-state index in [1.165, 1.54) is 4.90 Å². The van der Waals surface area contributed by atoms with Gasteiger partial charge in [-0.05, 0) is 23.7 Å². The summed E-state index contributed by atoms with van der Waals surface area (Å²) in [4.78, 5) is 37.4. The highest BCUT2D eigenvalue weighted by Gasteiger charge is 2.73. The van der Waals surface area contributed by atoms with Crippen LogP contribution in [0.5, 0.6) is 0 Å². The number of imide groups is 2. The van der Waals surface area contributed by atoms with Gasteiger partial charge in [-0.2, -0.15) is 0 Å². The van der Waals surface area contributed by atoms with Gasteiger partial charge in [0.1, 0.15) is 5.41 Å². The molecule has 0 aromatic carbocycles. The molecule has 0 radical (unpaired) electrons. The third-order valence-corrected chi connectivity index (χ3v) is 5.45. The topological polar surface area (TPSA) is 66.5 Å². The number of amides is 4. The van der Waals surface area contributed by atoms with Crippen LogP contribution in [0.15, 0.2) is 0 Å². The molecule has 0 bridgehead atoms. The van der Waals surface area contributed by atoms with Gasteiger partial charge in [-0.25, -0.2) is 4.79 Å². The Kier molecular flexibility index (Phi) is 1.81. The lowest BCUT2D eigenvalue weighted by Crippen LogP contribution is -2.60. The largest absolute Gasteiger partial charge is 0.331 e. The summed E-state index contributed by atoms with van der Waals surface area (Å²) in [5.74, 6) is -0.704. The highest BCUT2D eigenvalue weighted by atomic mass is 16.2. The number of rotatable bonds is 1. The van der Waals surface area contributed by atoms with Gasteiger partial charge in [-0.3, -0.25) is 19.8 Å². The van der Waals surface area contributed by atoms with Crippen LogP contribution in [0, 0.1) is 16.2 Å². The highest BCUT2D eigenvalue weighted by molar-refractivity contribution is 6.21. The number of nitrogens with one attached hydrogen (secondary N) is 1. The van der Waals surface area contributed by atoms with Crippen molar-refractivity contribution in [3.63, 3.8) is 0 Å². The number of carbonyl (C=O) groups excluding carboxylic acids is 3. The quantitative estimate of drug-likeness (QED) is 0.713. The van der Waals surface area contributed by atoms with Gasteiger partial charge in [0.05, 0.1) is 6.04 Å². The summed E-state index contributed by atoms with van der Waals surface area (Å²) in [6.07, 6.45) is 1.13. The minimum Gasteiger partial charge on any atom is -0.277 e. The number of nitrogens with zero attached hydrogens (tertiary/aromatic N) is 1. The summed E-state index contributed by atoms with van der Waals surface area (Å²) in [7, 11) is 0. The fourth-order valence-electron chi connectivity index (χ4n) is 3.30. The van der Waals surface area contributed by atoms with Gasteiger partial charge >= 0.3 is 6.03 Å². The van der Waals surface area contributed by atoms with Crippen molar-refractivity contribution in [2.45, 2.75) is 46.6 Å². The number of hydrogen-bond donors (Lipinski definition) is 1. The van der Waals surface area contributed by atoms with E-state index in [4.69, 9.17) is 0 Å². The van der Waals surface area contributed by atoms with Gasteiger partial charge in [0.15, 0.2) is 0 Å². The molecule has 5 nitrogen and oxygen atoms in total. The van der Waals surface area contributed by atoms with Crippen molar-refractivity contribution in [3.05, 3.63) is 0 Å². The van der Waals surface area contributed by atoms with E-state index in [0.29, 0.717) is 12.8 Å². The van der Waals surface area contributed by atoms with E-state index in [-0.39, 0.29) is 22.8 Å². The van der Waals surface area contributed by atoms with Gasteiger partial charge in [0.2, 0.25) is 11.8 Å². The predicted molar refractivity (Wildman–Crippen MR) is 63.4 cm³/mol. The van der Waals surface area contributed by atoms with E-state index in [2.05, 4.69) is 5.32 Å². The summed E-state index contributed by atoms with van der Waals surface area (Å²) >= 11 is 0. The number of carbonyl (C=O) groups is 3. The van der Waals surface area contributed by atoms with Crippen molar-refractivity contribution in [2.24, 2.45) is 16.2 Å². The van der Waals surface area contributed by atoms with E-state index in [0.717, 1.165) is 0 Å². The molecule has 18 heavy (non-hydrogen) atoms. The summed E-state index contributed by atoms with van der Waals surface area (Å²) in [5, 5.41) is 2.34. The molecule has 3 fully saturated rings. The Morgan fingerprint density at radius 1 is 1.06 bits per heavy atom. The first kappa shape index (κ1) is 11.7.